The molecule has 1 aromatic carbocycles. The van der Waals surface area contributed by atoms with Crippen molar-refractivity contribution in [2.45, 2.75) is 6.18 Å². The van der Waals surface area contributed by atoms with Crippen molar-refractivity contribution >= 4 is 17.4 Å². The van der Waals surface area contributed by atoms with Gasteiger partial charge < -0.3 is 10.2 Å². The first kappa shape index (κ1) is 18.2. The van der Waals surface area contributed by atoms with Crippen molar-refractivity contribution in [3.8, 4) is 0 Å². The van der Waals surface area contributed by atoms with Gasteiger partial charge in [0.15, 0.2) is 6.54 Å². The number of hydrogen-bond donors (Lipinski definition) is 2. The lowest BCUT2D eigenvalue weighted by Gasteiger charge is -2.27. The van der Waals surface area contributed by atoms with Gasteiger partial charge in [0, 0.05) is 11.8 Å². The fourth-order valence-electron chi connectivity index (χ4n) is 3.03. The van der Waals surface area contributed by atoms with Gasteiger partial charge in [0.25, 0.3) is 11.7 Å². The number of rotatable bonds is 4. The van der Waals surface area contributed by atoms with Crippen molar-refractivity contribution in [2.24, 2.45) is 0 Å². The van der Waals surface area contributed by atoms with E-state index in [9.17, 15) is 18.0 Å². The van der Waals surface area contributed by atoms with Crippen molar-refractivity contribution < 1.29 is 27.8 Å². The molecule has 0 saturated carbocycles. The monoisotopic (exact) mass is 366 g/mol. The smallest absolute Gasteiger partial charge is 0.321 e. The molecule has 0 unspecified atom stereocenters. The van der Waals surface area contributed by atoms with Crippen LogP contribution in [-0.4, -0.2) is 38.6 Å². The maximum absolute atomic E-state index is 12.7. The molecule has 26 heavy (non-hydrogen) atoms. The van der Waals surface area contributed by atoms with Gasteiger partial charge in [-0.15, -0.1) is 0 Å². The van der Waals surface area contributed by atoms with Gasteiger partial charge in [-0.3, -0.25) is 9.69 Å². The first-order valence-corrected chi connectivity index (χ1v) is 8.44. The first-order valence-electron chi connectivity index (χ1n) is 8.44. The second-order valence-corrected chi connectivity index (χ2v) is 6.29. The fourth-order valence-corrected chi connectivity index (χ4v) is 3.03. The molecule has 3 rings (SSSR count). The summed E-state index contributed by atoms with van der Waals surface area (Å²) in [7, 11) is 0. The third-order valence-electron chi connectivity index (χ3n) is 4.39. The number of amides is 1. The van der Waals surface area contributed by atoms with Crippen LogP contribution in [-0.2, 0) is 11.0 Å². The van der Waals surface area contributed by atoms with Crippen LogP contribution in [0.4, 0.5) is 24.7 Å². The fraction of sp³-hybridized carbons (Fsp3) is 0.333. The molecule has 8 heteroatoms. The molecule has 0 aliphatic carbocycles. The highest BCUT2D eigenvalue weighted by atomic mass is 19.4. The molecule has 1 aromatic heterocycles. The van der Waals surface area contributed by atoms with Gasteiger partial charge >= 0.3 is 6.18 Å². The number of H-pyrrole nitrogens is 1. The summed E-state index contributed by atoms with van der Waals surface area (Å²) in [6.45, 7) is 3.44. The SMILES string of the molecule is O=C(C[NH+]1CCN(c2cccc[nH+]2)CC1)Nc1cccc(C(F)(F)F)c1. The molecule has 1 aliphatic heterocycles. The van der Waals surface area contributed by atoms with Gasteiger partial charge in [-0.2, -0.15) is 13.2 Å². The van der Waals surface area contributed by atoms with Crippen LogP contribution in [0, 0.1) is 0 Å². The lowest BCUT2D eigenvalue weighted by Crippen LogP contribution is -3.15. The van der Waals surface area contributed by atoms with Gasteiger partial charge in [-0.05, 0) is 24.3 Å². The Morgan fingerprint density at radius 1 is 1.15 bits per heavy atom. The van der Waals surface area contributed by atoms with E-state index >= 15 is 0 Å². The quantitative estimate of drug-likeness (QED) is 0.844. The number of hydrogen-bond acceptors (Lipinski definition) is 2. The zero-order valence-electron chi connectivity index (χ0n) is 14.1. The highest BCUT2D eigenvalue weighted by molar-refractivity contribution is 5.91. The number of nitrogens with zero attached hydrogens (tertiary/aromatic N) is 1. The van der Waals surface area contributed by atoms with Gasteiger partial charge in [-0.1, -0.05) is 12.1 Å². The van der Waals surface area contributed by atoms with E-state index in [-0.39, 0.29) is 18.1 Å². The van der Waals surface area contributed by atoms with Crippen LogP contribution < -0.4 is 20.1 Å². The number of aromatic nitrogens is 1. The number of benzene rings is 1. The van der Waals surface area contributed by atoms with Crippen molar-refractivity contribution in [3.05, 3.63) is 54.2 Å². The molecule has 138 valence electrons. The molecule has 1 amide bonds. The molecule has 0 bridgehead atoms. The first-order chi connectivity index (χ1) is 12.4. The van der Waals surface area contributed by atoms with Crippen molar-refractivity contribution in [1.82, 2.24) is 0 Å². The van der Waals surface area contributed by atoms with Gasteiger partial charge in [-0.25, -0.2) is 4.98 Å². The lowest BCUT2D eigenvalue weighted by molar-refractivity contribution is -0.892. The third kappa shape index (κ3) is 4.72. The van der Waals surface area contributed by atoms with Crippen LogP contribution in [0.25, 0.3) is 0 Å². The average Bonchev–Trinajstić information content (AvgIpc) is 2.62. The average molecular weight is 366 g/mol. The minimum absolute atomic E-state index is 0.168. The number of carbonyl (C=O) groups is 1. The van der Waals surface area contributed by atoms with Crippen LogP contribution in [0.2, 0.25) is 0 Å². The Bertz CT molecular complexity index is 744. The number of aromatic amines is 1. The Labute approximate surface area is 149 Å². The Kier molecular flexibility index (Phi) is 5.41. The Balaban J connectivity index is 1.50. The van der Waals surface area contributed by atoms with Gasteiger partial charge in [0.05, 0.1) is 11.8 Å². The van der Waals surface area contributed by atoms with Crippen LogP contribution in [0.1, 0.15) is 5.56 Å². The summed E-state index contributed by atoms with van der Waals surface area (Å²) in [6, 6.07) is 10.6. The highest BCUT2D eigenvalue weighted by Crippen LogP contribution is 2.30. The van der Waals surface area contributed by atoms with Crippen LogP contribution in [0.5, 0.6) is 0 Å². The van der Waals surface area contributed by atoms with Crippen LogP contribution >= 0.6 is 0 Å². The van der Waals surface area contributed by atoms with E-state index in [0.717, 1.165) is 49.0 Å². The molecule has 0 atom stereocenters. The number of nitrogens with one attached hydrogen (secondary N) is 3. The Hall–Kier alpha value is -2.61. The summed E-state index contributed by atoms with van der Waals surface area (Å²) in [5.74, 6) is 0.763. The topological polar surface area (TPSA) is 50.9 Å². The van der Waals surface area contributed by atoms with E-state index in [1.807, 2.05) is 24.4 Å². The van der Waals surface area contributed by atoms with E-state index in [1.165, 1.54) is 12.1 Å². The number of halogens is 3. The van der Waals surface area contributed by atoms with E-state index in [1.54, 1.807) is 0 Å². The van der Waals surface area contributed by atoms with Crippen molar-refractivity contribution in [1.29, 1.82) is 0 Å². The van der Waals surface area contributed by atoms with E-state index in [2.05, 4.69) is 15.2 Å². The maximum atomic E-state index is 12.7. The molecule has 0 radical (unpaired) electrons. The number of pyridine rings is 1. The van der Waals surface area contributed by atoms with E-state index < -0.39 is 11.7 Å². The summed E-state index contributed by atoms with van der Waals surface area (Å²) in [5.41, 5.74) is -0.600. The van der Waals surface area contributed by atoms with Crippen LogP contribution in [0.3, 0.4) is 0 Å². The van der Waals surface area contributed by atoms with Crippen molar-refractivity contribution in [3.63, 3.8) is 0 Å². The maximum Gasteiger partial charge on any atom is 0.416 e. The molecule has 0 spiro atoms. The minimum Gasteiger partial charge on any atom is -0.321 e. The molecular formula is C18H21F3N4O+2. The molecular weight excluding hydrogens is 345 g/mol. The van der Waals surface area contributed by atoms with Gasteiger partial charge in [0.1, 0.15) is 26.2 Å². The predicted octanol–water partition coefficient (Wildman–Crippen LogP) is 0.863. The zero-order chi connectivity index (χ0) is 18.6. The molecule has 1 fully saturated rings. The van der Waals surface area contributed by atoms with Gasteiger partial charge in [0.2, 0.25) is 0 Å². The standard InChI is InChI=1S/C18H19F3N4O/c19-18(20,21)14-4-3-5-15(12-14)23-17(26)13-24-8-10-25(11-9-24)16-6-1-2-7-22-16/h1-7,12H,8-11,13H2,(H,23,26)/p+2. The predicted molar refractivity (Wildman–Crippen MR) is 90.8 cm³/mol. The number of quaternary nitrogens is 1. The molecule has 5 nitrogen and oxygen atoms in total. The van der Waals surface area contributed by atoms with E-state index in [4.69, 9.17) is 0 Å². The molecule has 1 aliphatic rings. The number of piperazine rings is 1. The molecule has 1 saturated heterocycles. The zero-order valence-corrected chi connectivity index (χ0v) is 14.1. The minimum atomic E-state index is -4.42. The summed E-state index contributed by atoms with van der Waals surface area (Å²) in [4.78, 5) is 18.7. The summed E-state index contributed by atoms with van der Waals surface area (Å²) in [6.07, 6.45) is -2.55. The van der Waals surface area contributed by atoms with Crippen molar-refractivity contribution in [2.75, 3.05) is 42.9 Å². The number of alkyl halides is 3. The summed E-state index contributed by atoms with van der Waals surface area (Å²) < 4.78 is 38.2. The summed E-state index contributed by atoms with van der Waals surface area (Å²) in [5, 5.41) is 2.57. The normalized spacial score (nSPS) is 15.7. The summed E-state index contributed by atoms with van der Waals surface area (Å²) >= 11 is 0. The third-order valence-corrected chi connectivity index (χ3v) is 4.39. The molecule has 2 heterocycles. The van der Waals surface area contributed by atoms with Crippen LogP contribution in [0.15, 0.2) is 48.7 Å². The highest BCUT2D eigenvalue weighted by Gasteiger charge is 2.31. The number of anilines is 2. The molecule has 2 aromatic rings. The Morgan fingerprint density at radius 2 is 1.92 bits per heavy atom. The lowest BCUT2D eigenvalue weighted by atomic mass is 10.2. The largest absolute Gasteiger partial charge is 0.416 e. The Morgan fingerprint density at radius 3 is 2.58 bits per heavy atom. The number of carbonyl (C=O) groups excluding carboxylic acids is 1. The second-order valence-electron chi connectivity index (χ2n) is 6.29. The van der Waals surface area contributed by atoms with E-state index in [0.29, 0.717) is 0 Å². The second kappa shape index (κ2) is 7.74. The molecule has 3 N–H and O–H groups in total.